The third kappa shape index (κ3) is 4.44. The van der Waals surface area contributed by atoms with Crippen LogP contribution in [0.5, 0.6) is 0 Å². The van der Waals surface area contributed by atoms with Crippen LogP contribution in [0, 0.1) is 0 Å². The first-order chi connectivity index (χ1) is 11.1. The van der Waals surface area contributed by atoms with Gasteiger partial charge in [0.25, 0.3) is 0 Å². The summed E-state index contributed by atoms with van der Waals surface area (Å²) in [6.07, 6.45) is 2.19. The minimum absolute atomic E-state index is 0.236. The maximum atomic E-state index is 12.4. The van der Waals surface area contributed by atoms with Gasteiger partial charge in [-0.05, 0) is 6.07 Å². The molecule has 1 amide bonds. The second-order valence-electron chi connectivity index (χ2n) is 5.76. The van der Waals surface area contributed by atoms with Crippen molar-refractivity contribution in [2.75, 3.05) is 49.1 Å². The summed E-state index contributed by atoms with van der Waals surface area (Å²) in [5.74, 6) is 3.14. The summed E-state index contributed by atoms with van der Waals surface area (Å²) in [6.45, 7) is 3.90. The fourth-order valence-corrected chi connectivity index (χ4v) is 4.35. The van der Waals surface area contributed by atoms with Gasteiger partial charge in [-0.3, -0.25) is 4.79 Å². The fourth-order valence-electron chi connectivity index (χ4n) is 2.90. The predicted octanol–water partition coefficient (Wildman–Crippen LogP) is 2.13. The number of nitrogens with one attached hydrogen (secondary N) is 1. The lowest BCUT2D eigenvalue weighted by Crippen LogP contribution is -2.51. The summed E-state index contributed by atoms with van der Waals surface area (Å²) in [5, 5.41) is 4.51. The number of hydrogen-bond donors (Lipinski definition) is 1. The Morgan fingerprint density at radius 2 is 2.13 bits per heavy atom. The van der Waals surface area contributed by atoms with E-state index in [0.717, 1.165) is 37.0 Å². The van der Waals surface area contributed by atoms with E-state index in [1.165, 1.54) is 0 Å². The fraction of sp³-hybridized carbons (Fsp3) is 0.600. The van der Waals surface area contributed by atoms with E-state index in [1.54, 1.807) is 12.3 Å². The molecule has 0 bridgehead atoms. The Hall–Kier alpha value is -0.690. The molecule has 0 aliphatic carbocycles. The van der Waals surface area contributed by atoms with E-state index in [2.05, 4.69) is 15.2 Å². The Kier molecular flexibility index (Phi) is 5.91. The standard InChI is InChI=1S/C15H20Cl2N4OS/c16-11-7-13(17)15(19-9-11)21-4-2-20(3-5-21)14(22)8-12-10-23-6-1-18-12/h7,9,12,18H,1-6,8,10H2. The number of pyridine rings is 1. The van der Waals surface area contributed by atoms with Crippen LogP contribution in [0.25, 0.3) is 0 Å². The van der Waals surface area contributed by atoms with Crippen molar-refractivity contribution >= 4 is 46.7 Å². The number of amides is 1. The van der Waals surface area contributed by atoms with Gasteiger partial charge in [0.1, 0.15) is 5.82 Å². The molecule has 0 spiro atoms. The maximum Gasteiger partial charge on any atom is 0.224 e. The molecule has 8 heteroatoms. The summed E-state index contributed by atoms with van der Waals surface area (Å²) >= 11 is 14.0. The number of nitrogens with zero attached hydrogens (tertiary/aromatic N) is 3. The Morgan fingerprint density at radius 3 is 2.78 bits per heavy atom. The molecule has 1 unspecified atom stereocenters. The second kappa shape index (κ2) is 7.92. The molecule has 1 aromatic heterocycles. The second-order valence-corrected chi connectivity index (χ2v) is 7.75. The topological polar surface area (TPSA) is 48.5 Å². The van der Waals surface area contributed by atoms with Crippen molar-refractivity contribution in [3.8, 4) is 0 Å². The van der Waals surface area contributed by atoms with E-state index in [-0.39, 0.29) is 5.91 Å². The van der Waals surface area contributed by atoms with Crippen LogP contribution < -0.4 is 10.2 Å². The van der Waals surface area contributed by atoms with Crippen molar-refractivity contribution < 1.29 is 4.79 Å². The van der Waals surface area contributed by atoms with Crippen LogP contribution in [0.1, 0.15) is 6.42 Å². The van der Waals surface area contributed by atoms with E-state index < -0.39 is 0 Å². The lowest BCUT2D eigenvalue weighted by Gasteiger charge is -2.36. The molecule has 1 atom stereocenters. The van der Waals surface area contributed by atoms with Gasteiger partial charge in [-0.1, -0.05) is 23.2 Å². The van der Waals surface area contributed by atoms with Gasteiger partial charge in [0.2, 0.25) is 5.91 Å². The van der Waals surface area contributed by atoms with Crippen LogP contribution >= 0.6 is 35.0 Å². The van der Waals surface area contributed by atoms with Crippen molar-refractivity contribution in [2.45, 2.75) is 12.5 Å². The molecule has 2 aliphatic heterocycles. The molecule has 2 aliphatic rings. The average Bonchev–Trinajstić information content (AvgIpc) is 2.56. The number of rotatable bonds is 3. The Morgan fingerprint density at radius 1 is 1.35 bits per heavy atom. The highest BCUT2D eigenvalue weighted by Gasteiger charge is 2.25. The molecule has 3 rings (SSSR count). The van der Waals surface area contributed by atoms with Gasteiger partial charge in [-0.2, -0.15) is 11.8 Å². The molecule has 5 nitrogen and oxygen atoms in total. The molecule has 0 saturated carbocycles. The third-order valence-electron chi connectivity index (χ3n) is 4.14. The predicted molar refractivity (Wildman–Crippen MR) is 96.8 cm³/mol. The summed E-state index contributed by atoms with van der Waals surface area (Å²) in [5.41, 5.74) is 0. The first-order valence-electron chi connectivity index (χ1n) is 7.78. The number of carbonyl (C=O) groups excluding carboxylic acids is 1. The lowest BCUT2D eigenvalue weighted by molar-refractivity contribution is -0.131. The average molecular weight is 375 g/mol. The van der Waals surface area contributed by atoms with Gasteiger partial charge in [0.05, 0.1) is 10.0 Å². The SMILES string of the molecule is O=C(CC1CSCCN1)N1CCN(c2ncc(Cl)cc2Cl)CC1. The number of halogens is 2. The van der Waals surface area contributed by atoms with Crippen molar-refractivity contribution in [3.63, 3.8) is 0 Å². The Labute approximate surface area is 150 Å². The van der Waals surface area contributed by atoms with E-state index in [4.69, 9.17) is 23.2 Å². The zero-order chi connectivity index (χ0) is 16.2. The molecule has 1 aromatic rings. The molecule has 126 valence electrons. The molecule has 0 radical (unpaired) electrons. The van der Waals surface area contributed by atoms with Crippen LogP contribution in [0.4, 0.5) is 5.82 Å². The molecule has 23 heavy (non-hydrogen) atoms. The molecular formula is C15H20Cl2N4OS. The summed E-state index contributed by atoms with van der Waals surface area (Å²) in [4.78, 5) is 20.8. The zero-order valence-corrected chi connectivity index (χ0v) is 15.1. The summed E-state index contributed by atoms with van der Waals surface area (Å²) in [7, 11) is 0. The highest BCUT2D eigenvalue weighted by atomic mass is 35.5. The van der Waals surface area contributed by atoms with Gasteiger partial charge in [0, 0.05) is 62.9 Å². The molecule has 2 saturated heterocycles. The maximum absolute atomic E-state index is 12.4. The first kappa shape index (κ1) is 17.1. The summed E-state index contributed by atoms with van der Waals surface area (Å²) in [6, 6.07) is 2.02. The number of aromatic nitrogens is 1. The monoisotopic (exact) mass is 374 g/mol. The first-order valence-corrected chi connectivity index (χ1v) is 9.69. The van der Waals surface area contributed by atoms with Gasteiger partial charge in [-0.25, -0.2) is 4.98 Å². The molecule has 1 N–H and O–H groups in total. The zero-order valence-electron chi connectivity index (χ0n) is 12.8. The van der Waals surface area contributed by atoms with Gasteiger partial charge >= 0.3 is 0 Å². The minimum Gasteiger partial charge on any atom is -0.352 e. The minimum atomic E-state index is 0.236. The van der Waals surface area contributed by atoms with Gasteiger partial charge < -0.3 is 15.1 Å². The molecule has 3 heterocycles. The van der Waals surface area contributed by atoms with Crippen LogP contribution in [-0.4, -0.2) is 66.1 Å². The molecule has 0 aromatic carbocycles. The number of piperazine rings is 1. The highest BCUT2D eigenvalue weighted by molar-refractivity contribution is 7.99. The molecule has 2 fully saturated rings. The van der Waals surface area contributed by atoms with Crippen molar-refractivity contribution in [1.82, 2.24) is 15.2 Å². The smallest absolute Gasteiger partial charge is 0.224 e. The Bertz CT molecular complexity index is 560. The van der Waals surface area contributed by atoms with Crippen molar-refractivity contribution in [2.24, 2.45) is 0 Å². The van der Waals surface area contributed by atoms with Crippen LogP contribution in [0.2, 0.25) is 10.0 Å². The molecular weight excluding hydrogens is 355 g/mol. The van der Waals surface area contributed by atoms with E-state index in [1.807, 2.05) is 16.7 Å². The van der Waals surface area contributed by atoms with Crippen LogP contribution in [0.15, 0.2) is 12.3 Å². The quantitative estimate of drug-likeness (QED) is 0.877. The highest BCUT2D eigenvalue weighted by Crippen LogP contribution is 2.26. The third-order valence-corrected chi connectivity index (χ3v) is 5.76. The van der Waals surface area contributed by atoms with Crippen molar-refractivity contribution in [1.29, 1.82) is 0 Å². The van der Waals surface area contributed by atoms with Crippen molar-refractivity contribution in [3.05, 3.63) is 22.3 Å². The van der Waals surface area contributed by atoms with Gasteiger partial charge in [-0.15, -0.1) is 0 Å². The van der Waals surface area contributed by atoms with Gasteiger partial charge in [0.15, 0.2) is 0 Å². The number of hydrogen-bond acceptors (Lipinski definition) is 5. The number of thioether (sulfide) groups is 1. The van der Waals surface area contributed by atoms with E-state index in [9.17, 15) is 4.79 Å². The number of anilines is 1. The van der Waals surface area contributed by atoms with Crippen LogP contribution in [-0.2, 0) is 4.79 Å². The summed E-state index contributed by atoms with van der Waals surface area (Å²) < 4.78 is 0. The van der Waals surface area contributed by atoms with E-state index >= 15 is 0 Å². The number of carbonyl (C=O) groups is 1. The van der Waals surface area contributed by atoms with E-state index in [0.29, 0.717) is 35.6 Å². The normalized spacial score (nSPS) is 22.3. The van der Waals surface area contributed by atoms with Crippen LogP contribution in [0.3, 0.4) is 0 Å². The largest absolute Gasteiger partial charge is 0.352 e. The lowest BCUT2D eigenvalue weighted by atomic mass is 10.2. The Balaban J connectivity index is 1.52.